The molecule has 0 aliphatic heterocycles. The van der Waals surface area contributed by atoms with E-state index in [2.05, 4.69) is 21.2 Å². The number of rotatable bonds is 2. The molecule has 2 rings (SSSR count). The average molecular weight is 343 g/mol. The number of hydrogen-bond donors (Lipinski definition) is 3. The normalized spacial score (nSPS) is 10.3. The van der Waals surface area contributed by atoms with E-state index in [0.717, 1.165) is 12.1 Å². The van der Waals surface area contributed by atoms with E-state index in [1.807, 2.05) is 0 Å². The summed E-state index contributed by atoms with van der Waals surface area (Å²) in [5.74, 6) is -2.56. The van der Waals surface area contributed by atoms with E-state index in [1.54, 1.807) is 0 Å². The molecular formula is C13H9BrF2N2O2. The van der Waals surface area contributed by atoms with Gasteiger partial charge in [-0.05, 0) is 40.2 Å². The van der Waals surface area contributed by atoms with Crippen LogP contribution >= 0.6 is 15.9 Å². The lowest BCUT2D eigenvalue weighted by atomic mass is 10.1. The smallest absolute Gasteiger partial charge is 0.257 e. The molecule has 0 saturated carbocycles. The van der Waals surface area contributed by atoms with Crippen LogP contribution in [0.5, 0.6) is 5.75 Å². The second-order valence-corrected chi connectivity index (χ2v) is 4.83. The maximum atomic E-state index is 13.5. The third-order valence-electron chi connectivity index (χ3n) is 2.54. The second kappa shape index (κ2) is 5.46. The minimum absolute atomic E-state index is 0.00940. The Hall–Kier alpha value is -2.15. The first-order chi connectivity index (χ1) is 9.38. The Morgan fingerprint density at radius 1 is 1.20 bits per heavy atom. The fourth-order valence-corrected chi connectivity index (χ4v) is 1.89. The second-order valence-electron chi connectivity index (χ2n) is 3.97. The Balaban J connectivity index is 2.32. The van der Waals surface area contributed by atoms with Crippen molar-refractivity contribution in [2.24, 2.45) is 0 Å². The van der Waals surface area contributed by atoms with E-state index in [4.69, 9.17) is 5.73 Å². The molecule has 4 nitrogen and oxygen atoms in total. The molecule has 0 unspecified atom stereocenters. The van der Waals surface area contributed by atoms with E-state index in [-0.39, 0.29) is 27.2 Å². The predicted octanol–water partition coefficient (Wildman–Crippen LogP) is 3.27. The lowest BCUT2D eigenvalue weighted by Crippen LogP contribution is -2.15. The third kappa shape index (κ3) is 2.88. The summed E-state index contributed by atoms with van der Waals surface area (Å²) in [7, 11) is 0. The van der Waals surface area contributed by atoms with Crippen LogP contribution in [0.2, 0.25) is 0 Å². The molecule has 0 atom stereocenters. The van der Waals surface area contributed by atoms with Crippen molar-refractivity contribution in [3.05, 3.63) is 52.0 Å². The highest BCUT2D eigenvalue weighted by Gasteiger charge is 2.15. The Kier molecular flexibility index (Phi) is 3.89. The number of nitrogens with one attached hydrogen (secondary N) is 1. The summed E-state index contributed by atoms with van der Waals surface area (Å²) in [5, 5.41) is 11.6. The number of benzene rings is 2. The van der Waals surface area contributed by atoms with Gasteiger partial charge in [0.25, 0.3) is 5.91 Å². The highest BCUT2D eigenvalue weighted by Crippen LogP contribution is 2.25. The number of anilines is 2. The summed E-state index contributed by atoms with van der Waals surface area (Å²) in [6.45, 7) is 0. The van der Waals surface area contributed by atoms with Gasteiger partial charge in [0.05, 0.1) is 15.7 Å². The van der Waals surface area contributed by atoms with Crippen molar-refractivity contribution in [1.82, 2.24) is 0 Å². The Labute approximate surface area is 121 Å². The van der Waals surface area contributed by atoms with Crippen LogP contribution in [0.4, 0.5) is 20.2 Å². The van der Waals surface area contributed by atoms with Crippen molar-refractivity contribution in [3.63, 3.8) is 0 Å². The molecule has 0 aliphatic carbocycles. The number of hydrogen-bond acceptors (Lipinski definition) is 3. The highest BCUT2D eigenvalue weighted by molar-refractivity contribution is 9.10. The number of nitrogen functional groups attached to an aromatic ring is 1. The topological polar surface area (TPSA) is 75.3 Å². The molecule has 0 aromatic heterocycles. The van der Waals surface area contributed by atoms with Crippen LogP contribution in [0.1, 0.15) is 10.4 Å². The van der Waals surface area contributed by atoms with Gasteiger partial charge in [-0.25, -0.2) is 8.78 Å². The number of nitrogens with two attached hydrogens (primary N) is 1. The van der Waals surface area contributed by atoms with Crippen molar-refractivity contribution in [2.45, 2.75) is 0 Å². The van der Waals surface area contributed by atoms with Crippen LogP contribution in [0, 0.1) is 11.6 Å². The van der Waals surface area contributed by atoms with Gasteiger partial charge < -0.3 is 16.2 Å². The molecule has 1 amide bonds. The zero-order chi connectivity index (χ0) is 14.9. The number of halogens is 3. The van der Waals surface area contributed by atoms with Gasteiger partial charge in [-0.1, -0.05) is 0 Å². The molecule has 0 heterocycles. The van der Waals surface area contributed by atoms with Crippen molar-refractivity contribution in [2.75, 3.05) is 11.1 Å². The fraction of sp³-hybridized carbons (Fsp3) is 0. The number of aromatic hydroxyl groups is 1. The summed E-state index contributed by atoms with van der Waals surface area (Å²) in [6.07, 6.45) is 0. The molecule has 0 saturated heterocycles. The number of phenolic OH excluding ortho intramolecular Hbond substituents is 1. The SMILES string of the molecule is Nc1ccc(O)cc1C(=O)Nc1cc(Br)c(F)cc1F. The van der Waals surface area contributed by atoms with Crippen LogP contribution < -0.4 is 11.1 Å². The first kappa shape index (κ1) is 14.3. The van der Waals surface area contributed by atoms with Gasteiger partial charge in [0.2, 0.25) is 0 Å². The maximum Gasteiger partial charge on any atom is 0.257 e. The molecule has 7 heteroatoms. The van der Waals surface area contributed by atoms with Crippen molar-refractivity contribution >= 4 is 33.2 Å². The summed E-state index contributed by atoms with van der Waals surface area (Å²) < 4.78 is 26.6. The standard InChI is InChI=1S/C13H9BrF2N2O2/c14-8-4-12(10(16)5-9(8)15)18-13(20)7-3-6(19)1-2-11(7)17/h1-5,19H,17H2,(H,18,20). The zero-order valence-corrected chi connectivity index (χ0v) is 11.5. The minimum atomic E-state index is -0.919. The van der Waals surface area contributed by atoms with E-state index in [0.29, 0.717) is 6.07 Å². The molecule has 104 valence electrons. The van der Waals surface area contributed by atoms with Crippen LogP contribution in [0.25, 0.3) is 0 Å². The molecule has 2 aromatic rings. The number of amides is 1. The highest BCUT2D eigenvalue weighted by atomic mass is 79.9. The van der Waals surface area contributed by atoms with E-state index >= 15 is 0 Å². The Morgan fingerprint density at radius 2 is 1.90 bits per heavy atom. The van der Waals surface area contributed by atoms with Gasteiger partial charge in [0, 0.05) is 11.8 Å². The summed E-state index contributed by atoms with van der Waals surface area (Å²) in [4.78, 5) is 12.0. The molecule has 2 aromatic carbocycles. The molecule has 4 N–H and O–H groups in total. The monoisotopic (exact) mass is 342 g/mol. The quantitative estimate of drug-likeness (QED) is 0.445. The molecule has 0 radical (unpaired) electrons. The van der Waals surface area contributed by atoms with E-state index in [1.165, 1.54) is 12.1 Å². The summed E-state index contributed by atoms with van der Waals surface area (Å²) in [6, 6.07) is 5.57. The summed E-state index contributed by atoms with van der Waals surface area (Å²) >= 11 is 2.89. The van der Waals surface area contributed by atoms with Crippen molar-refractivity contribution < 1.29 is 18.7 Å². The van der Waals surface area contributed by atoms with E-state index in [9.17, 15) is 18.7 Å². The molecule has 0 aliphatic rings. The van der Waals surface area contributed by atoms with Gasteiger partial charge in [0.1, 0.15) is 17.4 Å². The maximum absolute atomic E-state index is 13.5. The van der Waals surface area contributed by atoms with E-state index < -0.39 is 17.5 Å². The first-order valence-corrected chi connectivity index (χ1v) is 6.22. The molecule has 20 heavy (non-hydrogen) atoms. The molecule has 0 spiro atoms. The number of carbonyl (C=O) groups is 1. The summed E-state index contributed by atoms with van der Waals surface area (Å²) in [5.41, 5.74) is 5.52. The van der Waals surface area contributed by atoms with Crippen LogP contribution in [-0.4, -0.2) is 11.0 Å². The Morgan fingerprint density at radius 3 is 2.60 bits per heavy atom. The third-order valence-corrected chi connectivity index (χ3v) is 3.15. The fourth-order valence-electron chi connectivity index (χ4n) is 1.55. The van der Waals surface area contributed by atoms with Gasteiger partial charge >= 0.3 is 0 Å². The molecule has 0 fully saturated rings. The van der Waals surface area contributed by atoms with Gasteiger partial charge in [-0.2, -0.15) is 0 Å². The Bertz CT molecular complexity index is 692. The zero-order valence-electron chi connectivity index (χ0n) is 9.95. The lowest BCUT2D eigenvalue weighted by molar-refractivity contribution is 0.102. The number of carbonyl (C=O) groups excluding carboxylic acids is 1. The first-order valence-electron chi connectivity index (χ1n) is 5.43. The van der Waals surface area contributed by atoms with Gasteiger partial charge in [-0.3, -0.25) is 4.79 Å². The van der Waals surface area contributed by atoms with Crippen molar-refractivity contribution in [3.8, 4) is 5.75 Å². The largest absolute Gasteiger partial charge is 0.508 e. The predicted molar refractivity (Wildman–Crippen MR) is 74.5 cm³/mol. The lowest BCUT2D eigenvalue weighted by Gasteiger charge is -2.09. The van der Waals surface area contributed by atoms with Crippen LogP contribution in [0.3, 0.4) is 0 Å². The number of phenols is 1. The van der Waals surface area contributed by atoms with Gasteiger partial charge in [-0.15, -0.1) is 0 Å². The van der Waals surface area contributed by atoms with Crippen LogP contribution in [0.15, 0.2) is 34.8 Å². The van der Waals surface area contributed by atoms with Crippen LogP contribution in [-0.2, 0) is 0 Å². The molecule has 0 bridgehead atoms. The molecular weight excluding hydrogens is 334 g/mol. The van der Waals surface area contributed by atoms with Gasteiger partial charge in [0.15, 0.2) is 0 Å². The minimum Gasteiger partial charge on any atom is -0.508 e. The average Bonchev–Trinajstić information content (AvgIpc) is 2.38. The van der Waals surface area contributed by atoms with Crippen molar-refractivity contribution in [1.29, 1.82) is 0 Å².